The third-order valence-corrected chi connectivity index (χ3v) is 3.24. The third kappa shape index (κ3) is 1.44. The Balaban J connectivity index is 2.09. The fourth-order valence-corrected chi connectivity index (χ4v) is 2.28. The van der Waals surface area contributed by atoms with Crippen LogP contribution in [-0.4, -0.2) is 22.2 Å². The molecule has 1 fully saturated rings. The highest BCUT2D eigenvalue weighted by atomic mass is 16.5. The van der Waals surface area contributed by atoms with Gasteiger partial charge in [0.05, 0.1) is 18.8 Å². The van der Waals surface area contributed by atoms with E-state index in [2.05, 4.69) is 12.0 Å². The van der Waals surface area contributed by atoms with Crippen molar-refractivity contribution in [1.82, 2.24) is 9.78 Å². The molecule has 2 aliphatic rings. The zero-order chi connectivity index (χ0) is 11.3. The maximum Gasteiger partial charge on any atom is 0.223 e. The van der Waals surface area contributed by atoms with Gasteiger partial charge in [-0.15, -0.1) is 0 Å². The highest BCUT2D eigenvalue weighted by Gasteiger charge is 2.35. The van der Waals surface area contributed by atoms with E-state index >= 15 is 0 Å². The number of carbonyl (C=O) groups excluding carboxylic acids is 1. The average Bonchev–Trinajstić information content (AvgIpc) is 2.99. The van der Waals surface area contributed by atoms with Gasteiger partial charge in [0.25, 0.3) is 0 Å². The minimum atomic E-state index is 0.0812. The number of hydrogen-bond acceptors (Lipinski definition) is 3. The first-order valence-corrected chi connectivity index (χ1v) is 5.91. The Morgan fingerprint density at radius 1 is 1.50 bits per heavy atom. The molecule has 0 aromatic carbocycles. The number of hydrogen-bond donors (Lipinski definition) is 0. The van der Waals surface area contributed by atoms with Crippen molar-refractivity contribution >= 4 is 5.78 Å². The molecule has 1 aromatic rings. The van der Waals surface area contributed by atoms with Crippen molar-refractivity contribution in [2.24, 2.45) is 5.92 Å². The van der Waals surface area contributed by atoms with Crippen LogP contribution in [0.5, 0.6) is 5.88 Å². The number of aromatic nitrogens is 2. The second kappa shape index (κ2) is 3.34. The highest BCUT2D eigenvalue weighted by molar-refractivity contribution is 5.97. The number of ether oxygens (including phenoxy) is 1. The molecule has 0 radical (unpaired) electrons. The van der Waals surface area contributed by atoms with Crippen molar-refractivity contribution in [1.29, 1.82) is 0 Å². The van der Waals surface area contributed by atoms with E-state index in [4.69, 9.17) is 4.74 Å². The zero-order valence-electron chi connectivity index (χ0n) is 9.69. The molecule has 1 aromatic heterocycles. The lowest BCUT2D eigenvalue weighted by molar-refractivity contribution is 0.100. The molecule has 0 amide bonds. The first-order valence-electron chi connectivity index (χ1n) is 5.91. The van der Waals surface area contributed by atoms with Crippen LogP contribution in [0.4, 0.5) is 0 Å². The van der Waals surface area contributed by atoms with E-state index in [1.54, 1.807) is 6.92 Å². The zero-order valence-corrected chi connectivity index (χ0v) is 9.69. The quantitative estimate of drug-likeness (QED) is 0.716. The number of ketones is 1. The van der Waals surface area contributed by atoms with Gasteiger partial charge in [0.15, 0.2) is 5.78 Å². The minimum absolute atomic E-state index is 0.0812. The summed E-state index contributed by atoms with van der Waals surface area (Å²) in [4.78, 5) is 11.7. The van der Waals surface area contributed by atoms with Crippen LogP contribution in [0.3, 0.4) is 0 Å². The summed E-state index contributed by atoms with van der Waals surface area (Å²) in [6.07, 6.45) is 2.32. The van der Waals surface area contributed by atoms with Crippen LogP contribution in [0.25, 0.3) is 0 Å². The third-order valence-electron chi connectivity index (χ3n) is 3.24. The second-order valence-electron chi connectivity index (χ2n) is 4.99. The Labute approximate surface area is 94.6 Å². The van der Waals surface area contributed by atoms with Gasteiger partial charge < -0.3 is 4.74 Å². The van der Waals surface area contributed by atoms with Gasteiger partial charge in [0.2, 0.25) is 5.88 Å². The molecule has 1 aliphatic carbocycles. The molecule has 4 heteroatoms. The van der Waals surface area contributed by atoms with E-state index in [-0.39, 0.29) is 5.78 Å². The summed E-state index contributed by atoms with van der Waals surface area (Å²) in [5.74, 6) is 1.75. The summed E-state index contributed by atoms with van der Waals surface area (Å²) in [5.41, 5.74) is 1.70. The molecule has 16 heavy (non-hydrogen) atoms. The number of rotatable bonds is 2. The molecule has 1 unspecified atom stereocenters. The van der Waals surface area contributed by atoms with E-state index in [0.29, 0.717) is 24.3 Å². The molecular formula is C12H16N2O2. The molecule has 0 bridgehead atoms. The van der Waals surface area contributed by atoms with Gasteiger partial charge in [0, 0.05) is 11.8 Å². The maximum atomic E-state index is 11.7. The normalized spacial score (nSPS) is 23.8. The molecule has 86 valence electrons. The summed E-state index contributed by atoms with van der Waals surface area (Å²) in [6.45, 7) is 5.29. The SMILES string of the molecule is CC(=O)c1c(C2CC2)nn2c1OCC(C)C2. The Morgan fingerprint density at radius 2 is 2.25 bits per heavy atom. The summed E-state index contributed by atoms with van der Waals surface area (Å²) in [5, 5.41) is 4.56. The molecule has 1 aliphatic heterocycles. The number of nitrogens with zero attached hydrogens (tertiary/aromatic N) is 2. The van der Waals surface area contributed by atoms with Crippen molar-refractivity contribution < 1.29 is 9.53 Å². The topological polar surface area (TPSA) is 44.1 Å². The number of Topliss-reactive ketones (excluding diaryl/α,β-unsaturated/α-hetero) is 1. The van der Waals surface area contributed by atoms with Gasteiger partial charge in [-0.05, 0) is 19.8 Å². The van der Waals surface area contributed by atoms with Crippen LogP contribution in [0.1, 0.15) is 48.7 Å². The lowest BCUT2D eigenvalue weighted by Gasteiger charge is -2.21. The number of carbonyl (C=O) groups is 1. The molecule has 3 rings (SSSR count). The van der Waals surface area contributed by atoms with Crippen molar-refractivity contribution in [2.45, 2.75) is 39.2 Å². The Morgan fingerprint density at radius 3 is 2.88 bits per heavy atom. The fraction of sp³-hybridized carbons (Fsp3) is 0.667. The van der Waals surface area contributed by atoms with Gasteiger partial charge in [-0.1, -0.05) is 6.92 Å². The van der Waals surface area contributed by atoms with E-state index in [1.807, 2.05) is 4.68 Å². The standard InChI is InChI=1S/C12H16N2O2/c1-7-5-14-12(16-6-7)10(8(2)15)11(13-14)9-3-4-9/h7,9H,3-6H2,1-2H3. The lowest BCUT2D eigenvalue weighted by Crippen LogP contribution is -2.24. The van der Waals surface area contributed by atoms with Crippen LogP contribution in [-0.2, 0) is 6.54 Å². The van der Waals surface area contributed by atoms with Gasteiger partial charge in [-0.25, -0.2) is 4.68 Å². The molecule has 0 spiro atoms. The molecule has 1 atom stereocenters. The Bertz CT molecular complexity index is 446. The predicted octanol–water partition coefficient (Wildman–Crippen LogP) is 1.99. The molecule has 0 saturated heterocycles. The fourth-order valence-electron chi connectivity index (χ4n) is 2.28. The largest absolute Gasteiger partial charge is 0.477 e. The second-order valence-corrected chi connectivity index (χ2v) is 4.99. The van der Waals surface area contributed by atoms with Gasteiger partial charge in [-0.2, -0.15) is 5.10 Å². The smallest absolute Gasteiger partial charge is 0.223 e. The summed E-state index contributed by atoms with van der Waals surface area (Å²) in [7, 11) is 0. The van der Waals surface area contributed by atoms with E-state index in [1.165, 1.54) is 0 Å². The summed E-state index contributed by atoms with van der Waals surface area (Å²) in [6, 6.07) is 0. The molecule has 0 N–H and O–H groups in total. The van der Waals surface area contributed by atoms with Crippen molar-refractivity contribution in [3.05, 3.63) is 11.3 Å². The van der Waals surface area contributed by atoms with Crippen LogP contribution < -0.4 is 4.74 Å². The maximum absolute atomic E-state index is 11.7. The van der Waals surface area contributed by atoms with E-state index in [9.17, 15) is 4.79 Å². The lowest BCUT2D eigenvalue weighted by atomic mass is 10.1. The first kappa shape index (κ1) is 9.87. The Hall–Kier alpha value is -1.32. The summed E-state index contributed by atoms with van der Waals surface area (Å²) < 4.78 is 7.54. The van der Waals surface area contributed by atoms with Gasteiger partial charge in [0.1, 0.15) is 5.56 Å². The summed E-state index contributed by atoms with van der Waals surface area (Å²) >= 11 is 0. The monoisotopic (exact) mass is 220 g/mol. The van der Waals surface area contributed by atoms with Gasteiger partial charge in [-0.3, -0.25) is 4.79 Å². The van der Waals surface area contributed by atoms with Crippen molar-refractivity contribution in [3.63, 3.8) is 0 Å². The molecular weight excluding hydrogens is 204 g/mol. The highest BCUT2D eigenvalue weighted by Crippen LogP contribution is 2.44. The van der Waals surface area contributed by atoms with E-state index < -0.39 is 0 Å². The van der Waals surface area contributed by atoms with Crippen LogP contribution in [0.2, 0.25) is 0 Å². The van der Waals surface area contributed by atoms with Gasteiger partial charge >= 0.3 is 0 Å². The molecule has 2 heterocycles. The predicted molar refractivity (Wildman–Crippen MR) is 58.9 cm³/mol. The van der Waals surface area contributed by atoms with Crippen molar-refractivity contribution in [2.75, 3.05) is 6.61 Å². The minimum Gasteiger partial charge on any atom is -0.477 e. The molecule has 4 nitrogen and oxygen atoms in total. The van der Waals surface area contributed by atoms with Crippen LogP contribution in [0, 0.1) is 5.92 Å². The van der Waals surface area contributed by atoms with Crippen LogP contribution >= 0.6 is 0 Å². The Kier molecular flexibility index (Phi) is 2.06. The van der Waals surface area contributed by atoms with Crippen LogP contribution in [0.15, 0.2) is 0 Å². The average molecular weight is 220 g/mol. The van der Waals surface area contributed by atoms with Crippen molar-refractivity contribution in [3.8, 4) is 5.88 Å². The number of fused-ring (bicyclic) bond motifs is 1. The van der Waals surface area contributed by atoms with E-state index in [0.717, 1.165) is 30.6 Å². The molecule has 1 saturated carbocycles. The first-order chi connectivity index (χ1) is 7.66.